The predicted octanol–water partition coefficient (Wildman–Crippen LogP) is 0.0564. The van der Waals surface area contributed by atoms with Crippen LogP contribution in [0, 0.1) is 0 Å². The first-order valence-corrected chi connectivity index (χ1v) is 7.51. The average Bonchev–Trinajstić information content (AvgIpc) is 2.24. The van der Waals surface area contributed by atoms with Gasteiger partial charge in [0.2, 0.25) is 5.91 Å². The van der Waals surface area contributed by atoms with Crippen LogP contribution in [0.4, 0.5) is 0 Å². The van der Waals surface area contributed by atoms with Crippen molar-refractivity contribution in [3.8, 4) is 0 Å². The van der Waals surface area contributed by atoms with E-state index in [0.29, 0.717) is 13.0 Å². The number of nitrogens with one attached hydrogen (secondary N) is 1. The molecule has 0 heterocycles. The fourth-order valence-corrected chi connectivity index (χ4v) is 1.89. The zero-order valence-corrected chi connectivity index (χ0v) is 10.7. The number of sulfone groups is 1. The van der Waals surface area contributed by atoms with Crippen molar-refractivity contribution in [3.63, 3.8) is 0 Å². The van der Waals surface area contributed by atoms with Gasteiger partial charge in [-0.15, -0.1) is 0 Å². The Hall–Kier alpha value is -0.620. The molecule has 16 heavy (non-hydrogen) atoms. The van der Waals surface area contributed by atoms with E-state index in [1.165, 1.54) is 0 Å². The third kappa shape index (κ3) is 8.67. The maximum atomic E-state index is 11.2. The quantitative estimate of drug-likeness (QED) is 0.566. The van der Waals surface area contributed by atoms with Crippen molar-refractivity contribution in [2.24, 2.45) is 5.73 Å². The molecule has 0 fully saturated rings. The first-order valence-electron chi connectivity index (χ1n) is 5.69. The van der Waals surface area contributed by atoms with E-state index in [2.05, 4.69) is 5.32 Å². The molecule has 1 amide bonds. The Morgan fingerprint density at radius 3 is 2.50 bits per heavy atom. The molecule has 0 aliphatic heterocycles. The summed E-state index contributed by atoms with van der Waals surface area (Å²) < 4.78 is 22.2. The normalized spacial score (nSPS) is 11.4. The van der Waals surface area contributed by atoms with Gasteiger partial charge in [-0.05, 0) is 19.4 Å². The van der Waals surface area contributed by atoms with Crippen LogP contribution in [0.15, 0.2) is 0 Å². The Morgan fingerprint density at radius 2 is 1.94 bits per heavy atom. The highest BCUT2D eigenvalue weighted by Crippen LogP contribution is 1.98. The van der Waals surface area contributed by atoms with E-state index < -0.39 is 9.84 Å². The molecule has 6 heteroatoms. The van der Waals surface area contributed by atoms with Gasteiger partial charge in [-0.2, -0.15) is 0 Å². The summed E-state index contributed by atoms with van der Waals surface area (Å²) in [5.41, 5.74) is 5.32. The third-order valence-corrected chi connectivity index (χ3v) is 3.99. The van der Waals surface area contributed by atoms with Crippen LogP contribution < -0.4 is 11.1 Å². The van der Waals surface area contributed by atoms with Gasteiger partial charge >= 0.3 is 0 Å². The number of hydrogen-bond donors (Lipinski definition) is 2. The fraction of sp³-hybridized carbons (Fsp3) is 0.900. The summed E-state index contributed by atoms with van der Waals surface area (Å²) >= 11 is 0. The van der Waals surface area contributed by atoms with Crippen molar-refractivity contribution < 1.29 is 13.2 Å². The number of rotatable bonds is 9. The van der Waals surface area contributed by atoms with E-state index >= 15 is 0 Å². The highest BCUT2D eigenvalue weighted by Gasteiger charge is 2.07. The smallest absolute Gasteiger partial charge is 0.220 e. The lowest BCUT2D eigenvalue weighted by Gasteiger charge is -2.04. The molecule has 0 aromatic heterocycles. The van der Waals surface area contributed by atoms with E-state index in [4.69, 9.17) is 5.73 Å². The Bertz CT molecular complexity index is 288. The van der Waals surface area contributed by atoms with E-state index in [9.17, 15) is 13.2 Å². The van der Waals surface area contributed by atoms with Crippen LogP contribution in [0.5, 0.6) is 0 Å². The maximum Gasteiger partial charge on any atom is 0.220 e. The Kier molecular flexibility index (Phi) is 8.19. The third-order valence-electron chi connectivity index (χ3n) is 2.28. The van der Waals surface area contributed by atoms with Crippen LogP contribution in [-0.2, 0) is 14.6 Å². The van der Waals surface area contributed by atoms with Crippen LogP contribution in [0.2, 0.25) is 0 Å². The van der Waals surface area contributed by atoms with Gasteiger partial charge in [0.05, 0.1) is 5.75 Å². The zero-order chi connectivity index (χ0) is 12.4. The number of nitrogens with two attached hydrogens (primary N) is 1. The molecule has 5 nitrogen and oxygen atoms in total. The van der Waals surface area contributed by atoms with Crippen LogP contribution in [0.3, 0.4) is 0 Å². The fourth-order valence-electron chi connectivity index (χ4n) is 1.19. The first kappa shape index (κ1) is 15.4. The molecule has 0 rings (SSSR count). The summed E-state index contributed by atoms with van der Waals surface area (Å²) in [6.45, 7) is 2.46. The van der Waals surface area contributed by atoms with Gasteiger partial charge in [0.1, 0.15) is 0 Å². The summed E-state index contributed by atoms with van der Waals surface area (Å²) in [5, 5.41) is 2.60. The van der Waals surface area contributed by atoms with Crippen molar-refractivity contribution in [1.82, 2.24) is 5.32 Å². The molecule has 0 saturated carbocycles. The van der Waals surface area contributed by atoms with E-state index in [0.717, 1.165) is 19.3 Å². The standard InChI is InChI=1S/C10H22N2O3S/c1-2-16(14,15)9-8-12-10(13)6-4-3-5-7-11/h2-9,11H2,1H3,(H,12,13). The van der Waals surface area contributed by atoms with Crippen LogP contribution in [0.1, 0.15) is 32.6 Å². The summed E-state index contributed by atoms with van der Waals surface area (Å²) in [7, 11) is -2.98. The van der Waals surface area contributed by atoms with Crippen LogP contribution >= 0.6 is 0 Å². The van der Waals surface area contributed by atoms with E-state index in [-0.39, 0.29) is 24.0 Å². The highest BCUT2D eigenvalue weighted by atomic mass is 32.2. The molecule has 0 aliphatic carbocycles. The largest absolute Gasteiger partial charge is 0.355 e. The summed E-state index contributed by atoms with van der Waals surface area (Å²) in [6, 6.07) is 0. The SMILES string of the molecule is CCS(=O)(=O)CCNC(=O)CCCCCN. The van der Waals surface area contributed by atoms with Crippen LogP contribution in [-0.4, -0.2) is 38.9 Å². The Morgan fingerprint density at radius 1 is 1.25 bits per heavy atom. The lowest BCUT2D eigenvalue weighted by molar-refractivity contribution is -0.121. The summed E-state index contributed by atoms with van der Waals surface area (Å²) in [4.78, 5) is 11.2. The second-order valence-electron chi connectivity index (χ2n) is 3.69. The number of hydrogen-bond acceptors (Lipinski definition) is 4. The molecular formula is C10H22N2O3S. The Labute approximate surface area is 97.7 Å². The summed E-state index contributed by atoms with van der Waals surface area (Å²) in [6.07, 6.45) is 3.13. The van der Waals surface area contributed by atoms with Gasteiger partial charge in [0.25, 0.3) is 0 Å². The number of unbranched alkanes of at least 4 members (excludes halogenated alkanes) is 2. The first-order chi connectivity index (χ1) is 7.52. The monoisotopic (exact) mass is 250 g/mol. The molecular weight excluding hydrogens is 228 g/mol. The number of amides is 1. The van der Waals surface area contributed by atoms with Crippen molar-refractivity contribution in [2.45, 2.75) is 32.6 Å². The van der Waals surface area contributed by atoms with Crippen molar-refractivity contribution in [2.75, 3.05) is 24.6 Å². The van der Waals surface area contributed by atoms with Gasteiger partial charge < -0.3 is 11.1 Å². The summed E-state index contributed by atoms with van der Waals surface area (Å²) in [5.74, 6) is 0.0700. The molecule has 0 saturated heterocycles. The Balaban J connectivity index is 3.51. The highest BCUT2D eigenvalue weighted by molar-refractivity contribution is 7.91. The number of carbonyl (C=O) groups is 1. The molecule has 0 aromatic carbocycles. The van der Waals surface area contributed by atoms with Gasteiger partial charge in [0, 0.05) is 18.7 Å². The molecule has 3 N–H and O–H groups in total. The molecule has 0 unspecified atom stereocenters. The molecule has 0 aromatic rings. The lowest BCUT2D eigenvalue weighted by atomic mass is 10.2. The van der Waals surface area contributed by atoms with E-state index in [1.807, 2.05) is 0 Å². The molecule has 0 radical (unpaired) electrons. The zero-order valence-electron chi connectivity index (χ0n) is 9.87. The minimum atomic E-state index is -2.98. The van der Waals surface area contributed by atoms with Crippen molar-refractivity contribution >= 4 is 15.7 Å². The second kappa shape index (κ2) is 8.52. The van der Waals surface area contributed by atoms with E-state index in [1.54, 1.807) is 6.92 Å². The molecule has 0 aliphatic rings. The van der Waals surface area contributed by atoms with Crippen molar-refractivity contribution in [3.05, 3.63) is 0 Å². The van der Waals surface area contributed by atoms with Crippen LogP contribution in [0.25, 0.3) is 0 Å². The van der Waals surface area contributed by atoms with Gasteiger partial charge in [0.15, 0.2) is 9.84 Å². The molecule has 96 valence electrons. The van der Waals surface area contributed by atoms with Gasteiger partial charge in [-0.3, -0.25) is 4.79 Å². The number of carbonyl (C=O) groups excluding carboxylic acids is 1. The maximum absolute atomic E-state index is 11.2. The minimum absolute atomic E-state index is 0.0258. The predicted molar refractivity (Wildman–Crippen MR) is 64.9 cm³/mol. The topological polar surface area (TPSA) is 89.3 Å². The van der Waals surface area contributed by atoms with Gasteiger partial charge in [-0.1, -0.05) is 13.3 Å². The average molecular weight is 250 g/mol. The van der Waals surface area contributed by atoms with Gasteiger partial charge in [-0.25, -0.2) is 8.42 Å². The molecule has 0 spiro atoms. The second-order valence-corrected chi connectivity index (χ2v) is 6.16. The molecule has 0 atom stereocenters. The minimum Gasteiger partial charge on any atom is -0.355 e. The lowest BCUT2D eigenvalue weighted by Crippen LogP contribution is -2.29. The molecule has 0 bridgehead atoms. The van der Waals surface area contributed by atoms with Crippen molar-refractivity contribution in [1.29, 1.82) is 0 Å².